The maximum Gasteiger partial charge on any atom is 0.271 e. The average molecular weight is 293 g/mol. The number of nitrogens with zero attached hydrogens (tertiary/aromatic N) is 2. The molecule has 1 saturated heterocycles. The number of nitrogens with one attached hydrogen (secondary N) is 1. The number of piperidine rings is 1. The Morgan fingerprint density at radius 3 is 2.36 bits per heavy atom. The van der Waals surface area contributed by atoms with Crippen molar-refractivity contribution < 1.29 is 4.79 Å². The van der Waals surface area contributed by atoms with Crippen LogP contribution in [0, 0.1) is 0 Å². The van der Waals surface area contributed by atoms with Crippen molar-refractivity contribution in [1.82, 2.24) is 15.1 Å². The lowest BCUT2D eigenvalue weighted by atomic mass is 10.0. The fourth-order valence-corrected chi connectivity index (χ4v) is 3.11. The molecule has 1 amide bonds. The van der Waals surface area contributed by atoms with Gasteiger partial charge in [0.25, 0.3) is 5.91 Å². The number of aromatic amines is 1. The van der Waals surface area contributed by atoms with Crippen LogP contribution in [0.25, 0.3) is 11.3 Å². The summed E-state index contributed by atoms with van der Waals surface area (Å²) in [7, 11) is 0. The van der Waals surface area contributed by atoms with Gasteiger partial charge < -0.3 is 4.90 Å². The zero-order chi connectivity index (χ0) is 14.9. The van der Waals surface area contributed by atoms with E-state index in [-0.39, 0.29) is 5.91 Å². The highest BCUT2D eigenvalue weighted by atomic mass is 16.2. The third-order valence-corrected chi connectivity index (χ3v) is 4.53. The van der Waals surface area contributed by atoms with Crippen LogP contribution in [-0.4, -0.2) is 34.1 Å². The van der Waals surface area contributed by atoms with E-state index in [1.807, 2.05) is 41.3 Å². The number of amides is 1. The van der Waals surface area contributed by atoms with Gasteiger partial charge in [-0.15, -0.1) is 0 Å². The van der Waals surface area contributed by atoms with Crippen molar-refractivity contribution >= 4 is 5.91 Å². The van der Waals surface area contributed by atoms with Gasteiger partial charge in [0.05, 0.1) is 5.69 Å². The van der Waals surface area contributed by atoms with Gasteiger partial charge in [-0.25, -0.2) is 0 Å². The summed E-state index contributed by atoms with van der Waals surface area (Å²) in [5.41, 5.74) is 5.67. The average Bonchev–Trinajstić information content (AvgIpc) is 3.32. The van der Waals surface area contributed by atoms with Gasteiger partial charge >= 0.3 is 0 Å². The molecule has 4 nitrogen and oxygen atoms in total. The van der Waals surface area contributed by atoms with Crippen molar-refractivity contribution in [2.75, 3.05) is 13.1 Å². The number of likely N-dealkylation sites (tertiary alicyclic amines) is 1. The highest BCUT2D eigenvalue weighted by Gasteiger charge is 2.25. The molecule has 0 spiro atoms. The van der Waals surface area contributed by atoms with Crippen LogP contribution in [0.4, 0.5) is 0 Å². The molecule has 1 N–H and O–H groups in total. The van der Waals surface area contributed by atoms with Crippen molar-refractivity contribution in [3.05, 3.63) is 53.2 Å². The second-order valence-electron chi connectivity index (χ2n) is 6.03. The molecule has 22 heavy (non-hydrogen) atoms. The minimum Gasteiger partial charge on any atom is -0.337 e. The summed E-state index contributed by atoms with van der Waals surface area (Å²) in [6.45, 7) is 1.66. The van der Waals surface area contributed by atoms with Crippen molar-refractivity contribution in [3.8, 4) is 11.3 Å². The van der Waals surface area contributed by atoms with Crippen LogP contribution < -0.4 is 0 Å². The van der Waals surface area contributed by atoms with E-state index >= 15 is 0 Å². The summed E-state index contributed by atoms with van der Waals surface area (Å²) < 4.78 is 0. The predicted octanol–water partition coefficient (Wildman–Crippen LogP) is 3.40. The molecule has 2 aromatic rings. The minimum atomic E-state index is 0.0644. The van der Waals surface area contributed by atoms with Gasteiger partial charge in [-0.3, -0.25) is 9.89 Å². The number of carbonyl (C=O) groups is 1. The van der Waals surface area contributed by atoms with Gasteiger partial charge in [-0.05, 0) is 31.7 Å². The topological polar surface area (TPSA) is 49.0 Å². The lowest BCUT2D eigenvalue weighted by molar-refractivity contribution is 0.0737. The van der Waals surface area contributed by atoms with Crippen LogP contribution in [0.1, 0.15) is 36.2 Å². The first-order valence-corrected chi connectivity index (χ1v) is 7.91. The normalized spacial score (nSPS) is 17.7. The van der Waals surface area contributed by atoms with E-state index < -0.39 is 0 Å². The standard InChI is InChI=1S/C18H19N3O/c22-18(21-10-8-14(9-11-21)13-6-7-13)17-12-16(19-20-17)15-4-2-1-3-5-15/h1-5,12H,6-11H2,(H,19,20). The summed E-state index contributed by atoms with van der Waals surface area (Å²) in [5, 5.41) is 7.17. The van der Waals surface area contributed by atoms with Crippen LogP contribution in [0.15, 0.2) is 47.5 Å². The number of rotatable bonds is 2. The van der Waals surface area contributed by atoms with Crippen LogP contribution in [0.2, 0.25) is 0 Å². The quantitative estimate of drug-likeness (QED) is 0.863. The molecule has 112 valence electrons. The van der Waals surface area contributed by atoms with E-state index in [9.17, 15) is 4.79 Å². The molecule has 1 aliphatic heterocycles. The molecule has 2 aliphatic rings. The van der Waals surface area contributed by atoms with E-state index in [4.69, 9.17) is 0 Å². The molecule has 0 radical (unpaired) electrons. The second-order valence-corrected chi connectivity index (χ2v) is 6.03. The Labute approximate surface area is 129 Å². The summed E-state index contributed by atoms with van der Waals surface area (Å²) in [5.74, 6) is 0.0644. The van der Waals surface area contributed by atoms with Gasteiger partial charge in [0, 0.05) is 18.7 Å². The largest absolute Gasteiger partial charge is 0.337 e. The Morgan fingerprint density at radius 2 is 1.68 bits per heavy atom. The van der Waals surface area contributed by atoms with E-state index in [1.165, 1.54) is 12.8 Å². The molecule has 1 saturated carbocycles. The van der Waals surface area contributed by atoms with Gasteiger partial charge in [0.2, 0.25) is 0 Å². The van der Waals surface area contributed by atoms with Gasteiger partial charge in [-0.2, -0.15) is 5.10 Å². The number of allylic oxidation sites excluding steroid dienone is 1. The predicted molar refractivity (Wildman–Crippen MR) is 85.4 cm³/mol. The van der Waals surface area contributed by atoms with Crippen molar-refractivity contribution in [3.63, 3.8) is 0 Å². The maximum absolute atomic E-state index is 12.6. The SMILES string of the molecule is O=C(c1cc(-c2ccccc2)n[nH]1)N1CCC(=C2CC2)CC1. The zero-order valence-electron chi connectivity index (χ0n) is 12.5. The molecule has 0 atom stereocenters. The molecule has 2 heterocycles. The van der Waals surface area contributed by atoms with E-state index in [0.29, 0.717) is 5.69 Å². The molecule has 0 bridgehead atoms. The monoisotopic (exact) mass is 293 g/mol. The third-order valence-electron chi connectivity index (χ3n) is 4.53. The Bertz CT molecular complexity index is 714. The number of H-pyrrole nitrogens is 1. The fraction of sp³-hybridized carbons (Fsp3) is 0.333. The zero-order valence-corrected chi connectivity index (χ0v) is 12.5. The number of hydrogen-bond donors (Lipinski definition) is 1. The summed E-state index contributed by atoms with van der Waals surface area (Å²) in [6.07, 6.45) is 4.65. The maximum atomic E-state index is 12.6. The highest BCUT2D eigenvalue weighted by molar-refractivity contribution is 5.93. The Kier molecular flexibility index (Phi) is 3.29. The molecule has 1 aliphatic carbocycles. The Balaban J connectivity index is 1.47. The minimum absolute atomic E-state index is 0.0644. The van der Waals surface area contributed by atoms with Gasteiger partial charge in [0.15, 0.2) is 0 Å². The molecule has 4 heteroatoms. The van der Waals surface area contributed by atoms with E-state index in [0.717, 1.165) is 37.2 Å². The summed E-state index contributed by atoms with van der Waals surface area (Å²) in [4.78, 5) is 14.5. The Hall–Kier alpha value is -2.36. The molecule has 1 aromatic carbocycles. The van der Waals surface area contributed by atoms with Crippen LogP contribution in [0.3, 0.4) is 0 Å². The molecule has 4 rings (SSSR count). The number of carbonyl (C=O) groups excluding carboxylic acids is 1. The van der Waals surface area contributed by atoms with Gasteiger partial charge in [-0.1, -0.05) is 41.5 Å². The number of hydrogen-bond acceptors (Lipinski definition) is 2. The first kappa shape index (κ1) is 13.3. The number of aromatic nitrogens is 2. The third kappa shape index (κ3) is 2.56. The van der Waals surface area contributed by atoms with Crippen molar-refractivity contribution in [2.45, 2.75) is 25.7 Å². The second kappa shape index (κ2) is 5.44. The molecular weight excluding hydrogens is 274 g/mol. The van der Waals surface area contributed by atoms with Crippen LogP contribution in [0.5, 0.6) is 0 Å². The van der Waals surface area contributed by atoms with Crippen LogP contribution >= 0.6 is 0 Å². The highest BCUT2D eigenvalue weighted by Crippen LogP contribution is 2.36. The molecule has 1 aromatic heterocycles. The molecule has 2 fully saturated rings. The van der Waals surface area contributed by atoms with E-state index in [1.54, 1.807) is 11.1 Å². The fourth-order valence-electron chi connectivity index (χ4n) is 3.11. The van der Waals surface area contributed by atoms with Crippen molar-refractivity contribution in [1.29, 1.82) is 0 Å². The van der Waals surface area contributed by atoms with E-state index in [2.05, 4.69) is 10.2 Å². The van der Waals surface area contributed by atoms with Gasteiger partial charge in [0.1, 0.15) is 5.69 Å². The van der Waals surface area contributed by atoms with Crippen molar-refractivity contribution in [2.24, 2.45) is 0 Å². The Morgan fingerprint density at radius 1 is 1.00 bits per heavy atom. The first-order valence-electron chi connectivity index (χ1n) is 7.91. The first-order chi connectivity index (χ1) is 10.8. The smallest absolute Gasteiger partial charge is 0.271 e. The van der Waals surface area contributed by atoms with Crippen LogP contribution in [-0.2, 0) is 0 Å². The number of benzene rings is 1. The lowest BCUT2D eigenvalue weighted by Gasteiger charge is -2.28. The lowest BCUT2D eigenvalue weighted by Crippen LogP contribution is -2.36. The summed E-state index contributed by atoms with van der Waals surface area (Å²) >= 11 is 0. The molecular formula is C18H19N3O. The molecule has 0 unspecified atom stereocenters. The summed E-state index contributed by atoms with van der Waals surface area (Å²) in [6, 6.07) is 11.8.